The van der Waals surface area contributed by atoms with Crippen molar-refractivity contribution < 1.29 is 14.3 Å². The van der Waals surface area contributed by atoms with E-state index >= 15 is 0 Å². The van der Waals surface area contributed by atoms with E-state index in [0.717, 1.165) is 12.7 Å². The summed E-state index contributed by atoms with van der Waals surface area (Å²) < 4.78 is 11.5. The Hall–Kier alpha value is -0.580. The fourth-order valence-corrected chi connectivity index (χ4v) is 6.19. The van der Waals surface area contributed by atoms with Gasteiger partial charge in [0.1, 0.15) is 0 Å². The lowest BCUT2D eigenvalue weighted by Gasteiger charge is -2.50. The largest absolute Gasteiger partial charge is 0.346 e. The van der Waals surface area contributed by atoms with Crippen molar-refractivity contribution >= 4 is 17.2 Å². The monoisotopic (exact) mass is 282 g/mol. The molecule has 3 aliphatic rings. The van der Waals surface area contributed by atoms with Crippen LogP contribution in [0.15, 0.2) is 23.0 Å². The molecule has 0 aromatic heterocycles. The lowest BCUT2D eigenvalue weighted by atomic mass is 9.83. The molecule has 3 rings (SSSR count). The highest BCUT2D eigenvalue weighted by molar-refractivity contribution is 8.23. The zero-order valence-corrected chi connectivity index (χ0v) is 12.1. The van der Waals surface area contributed by atoms with E-state index in [2.05, 4.69) is 23.0 Å². The maximum absolute atomic E-state index is 10.9. The van der Waals surface area contributed by atoms with Crippen LogP contribution in [-0.4, -0.2) is 30.0 Å². The van der Waals surface area contributed by atoms with Gasteiger partial charge in [-0.3, -0.25) is 4.79 Å². The number of carbonyl (C=O) groups is 1. The van der Waals surface area contributed by atoms with Crippen LogP contribution in [0.2, 0.25) is 0 Å². The molecule has 0 aromatic rings. The molecule has 1 saturated carbocycles. The van der Waals surface area contributed by atoms with Gasteiger partial charge in [0.05, 0.1) is 12.7 Å². The van der Waals surface area contributed by atoms with Gasteiger partial charge in [0.2, 0.25) is 6.29 Å². The number of aldehydes is 1. The first-order valence-corrected chi connectivity index (χ1v) is 8.69. The van der Waals surface area contributed by atoms with E-state index in [9.17, 15) is 4.79 Å². The molecule has 0 amide bonds. The summed E-state index contributed by atoms with van der Waals surface area (Å²) in [5, 5.41) is 4.71. The number of thiol groups is 1. The SMILES string of the molecule is O=CC1OCCC(C2([SH]3C=CC=C3)CCCCC2)O1. The van der Waals surface area contributed by atoms with Crippen LogP contribution in [0.5, 0.6) is 0 Å². The molecule has 0 N–H and O–H groups in total. The van der Waals surface area contributed by atoms with Gasteiger partial charge in [-0.2, -0.15) is 0 Å². The quantitative estimate of drug-likeness (QED) is 0.638. The van der Waals surface area contributed by atoms with Crippen molar-refractivity contribution in [3.8, 4) is 0 Å². The van der Waals surface area contributed by atoms with Crippen LogP contribution in [0.4, 0.5) is 0 Å². The summed E-state index contributed by atoms with van der Waals surface area (Å²) in [6, 6.07) is 0. The average Bonchev–Trinajstić information content (AvgIpc) is 3.03. The number of rotatable bonds is 3. The van der Waals surface area contributed by atoms with E-state index in [1.807, 2.05) is 0 Å². The van der Waals surface area contributed by atoms with Gasteiger partial charge in [0.25, 0.3) is 0 Å². The van der Waals surface area contributed by atoms with Crippen molar-refractivity contribution in [2.45, 2.75) is 55.7 Å². The van der Waals surface area contributed by atoms with E-state index in [1.165, 1.54) is 32.1 Å². The molecular weight excluding hydrogens is 260 g/mol. The van der Waals surface area contributed by atoms with Crippen LogP contribution in [0, 0.1) is 0 Å². The highest BCUT2D eigenvalue weighted by Gasteiger charge is 2.46. The van der Waals surface area contributed by atoms with E-state index in [0.29, 0.717) is 6.61 Å². The smallest absolute Gasteiger partial charge is 0.214 e. The van der Waals surface area contributed by atoms with Crippen LogP contribution in [0.3, 0.4) is 0 Å². The molecule has 0 spiro atoms. The Balaban J connectivity index is 1.83. The number of allylic oxidation sites excluding steroid dienone is 2. The van der Waals surface area contributed by atoms with Crippen molar-refractivity contribution in [3.63, 3.8) is 0 Å². The Morgan fingerprint density at radius 3 is 2.58 bits per heavy atom. The summed E-state index contributed by atoms with van der Waals surface area (Å²) in [4.78, 5) is 10.9. The Morgan fingerprint density at radius 1 is 1.16 bits per heavy atom. The maximum Gasteiger partial charge on any atom is 0.214 e. The first-order chi connectivity index (χ1) is 9.35. The molecule has 2 heterocycles. The molecule has 0 radical (unpaired) electrons. The van der Waals surface area contributed by atoms with Crippen molar-refractivity contribution in [1.29, 1.82) is 0 Å². The average molecular weight is 282 g/mol. The summed E-state index contributed by atoms with van der Waals surface area (Å²) in [5.41, 5.74) is 0. The molecular formula is C15H22O3S. The Bertz CT molecular complexity index is 373. The minimum atomic E-state index is -0.650. The standard InChI is InChI=1S/C15H22O3S/c16-12-14-17-9-6-13(18-14)15(7-2-1-3-8-15)19-10-4-5-11-19/h4-5,10-14,19H,1-3,6-9H2. The molecule has 1 saturated heterocycles. The van der Waals surface area contributed by atoms with Crippen molar-refractivity contribution in [2.24, 2.45) is 0 Å². The van der Waals surface area contributed by atoms with Gasteiger partial charge in [-0.25, -0.2) is 10.9 Å². The Labute approximate surface area is 117 Å². The van der Waals surface area contributed by atoms with Gasteiger partial charge in [0.15, 0.2) is 6.29 Å². The van der Waals surface area contributed by atoms with E-state index in [4.69, 9.17) is 9.47 Å². The molecule has 4 heteroatoms. The van der Waals surface area contributed by atoms with Gasteiger partial charge in [-0.1, -0.05) is 31.4 Å². The molecule has 2 unspecified atom stereocenters. The topological polar surface area (TPSA) is 35.5 Å². The van der Waals surface area contributed by atoms with Gasteiger partial charge < -0.3 is 9.47 Å². The molecule has 2 aliphatic heterocycles. The molecule has 19 heavy (non-hydrogen) atoms. The number of hydrogen-bond acceptors (Lipinski definition) is 3. The second-order valence-electron chi connectivity index (χ2n) is 5.54. The highest BCUT2D eigenvalue weighted by atomic mass is 32.2. The molecule has 3 nitrogen and oxygen atoms in total. The second kappa shape index (κ2) is 5.81. The second-order valence-corrected chi connectivity index (χ2v) is 7.84. The normalized spacial score (nSPS) is 35.5. The van der Waals surface area contributed by atoms with Crippen LogP contribution >= 0.6 is 10.9 Å². The van der Waals surface area contributed by atoms with Crippen LogP contribution in [-0.2, 0) is 14.3 Å². The molecule has 2 fully saturated rings. The highest BCUT2D eigenvalue weighted by Crippen LogP contribution is 2.57. The van der Waals surface area contributed by atoms with Gasteiger partial charge in [0, 0.05) is 4.75 Å². The minimum absolute atomic E-state index is 0.176. The molecule has 0 bridgehead atoms. The summed E-state index contributed by atoms with van der Waals surface area (Å²) in [5.74, 6) is 0. The van der Waals surface area contributed by atoms with Gasteiger partial charge in [-0.15, -0.1) is 0 Å². The summed E-state index contributed by atoms with van der Waals surface area (Å²) >= 11 is 0. The number of ether oxygens (including phenoxy) is 2. The first kappa shape index (κ1) is 13.4. The molecule has 2 atom stereocenters. The third kappa shape index (κ3) is 2.54. The van der Waals surface area contributed by atoms with Crippen LogP contribution in [0.1, 0.15) is 38.5 Å². The van der Waals surface area contributed by atoms with E-state index in [-0.39, 0.29) is 21.7 Å². The summed E-state index contributed by atoms with van der Waals surface area (Å²) in [6.07, 6.45) is 11.9. The Kier molecular flexibility index (Phi) is 4.10. The van der Waals surface area contributed by atoms with Crippen molar-refractivity contribution in [2.75, 3.05) is 6.61 Å². The van der Waals surface area contributed by atoms with E-state index < -0.39 is 6.29 Å². The predicted octanol–water partition coefficient (Wildman–Crippen LogP) is 3.06. The zero-order valence-electron chi connectivity index (χ0n) is 11.2. The summed E-state index contributed by atoms with van der Waals surface area (Å²) in [6.45, 7) is 0.645. The third-order valence-corrected chi connectivity index (χ3v) is 7.26. The number of hydrogen-bond donors (Lipinski definition) is 1. The molecule has 106 valence electrons. The van der Waals surface area contributed by atoms with Crippen molar-refractivity contribution in [3.05, 3.63) is 23.0 Å². The predicted molar refractivity (Wildman–Crippen MR) is 78.4 cm³/mol. The third-order valence-electron chi connectivity index (χ3n) is 4.51. The molecule has 0 aromatic carbocycles. The van der Waals surface area contributed by atoms with Gasteiger partial charge >= 0.3 is 0 Å². The van der Waals surface area contributed by atoms with Crippen molar-refractivity contribution in [1.82, 2.24) is 0 Å². The fourth-order valence-electron chi connectivity index (χ4n) is 3.57. The Morgan fingerprint density at radius 2 is 1.89 bits per heavy atom. The maximum atomic E-state index is 10.9. The van der Waals surface area contributed by atoms with E-state index in [1.54, 1.807) is 0 Å². The number of carbonyl (C=O) groups excluding carboxylic acids is 1. The lowest BCUT2D eigenvalue weighted by Crippen LogP contribution is -2.49. The summed E-state index contributed by atoms with van der Waals surface area (Å²) in [7, 11) is -0.252. The fraction of sp³-hybridized carbons (Fsp3) is 0.667. The van der Waals surface area contributed by atoms with Gasteiger partial charge in [-0.05, 0) is 30.1 Å². The lowest BCUT2D eigenvalue weighted by molar-refractivity contribution is -0.210. The minimum Gasteiger partial charge on any atom is -0.346 e. The van der Waals surface area contributed by atoms with Crippen LogP contribution < -0.4 is 0 Å². The zero-order chi connectivity index (χ0) is 13.1. The first-order valence-electron chi connectivity index (χ1n) is 7.21. The molecule has 1 aliphatic carbocycles. The van der Waals surface area contributed by atoms with Crippen LogP contribution in [0.25, 0.3) is 0 Å².